The smallest absolute Gasteiger partial charge is 0.255 e. The summed E-state index contributed by atoms with van der Waals surface area (Å²) in [6.07, 6.45) is 8.78. The molecule has 152 valence electrons. The fourth-order valence-corrected chi connectivity index (χ4v) is 4.07. The maximum Gasteiger partial charge on any atom is 0.255 e. The molecule has 0 aliphatic carbocycles. The van der Waals surface area contributed by atoms with E-state index in [1.165, 1.54) is 19.4 Å². The van der Waals surface area contributed by atoms with Gasteiger partial charge in [-0.3, -0.25) is 4.79 Å². The number of unbranched alkanes of at least 4 members (excludes halogenated alkanes) is 1. The molecular formula is C24H30N4O. The van der Waals surface area contributed by atoms with Crippen LogP contribution in [0.15, 0.2) is 54.9 Å². The summed E-state index contributed by atoms with van der Waals surface area (Å²) in [7, 11) is 0. The van der Waals surface area contributed by atoms with Crippen molar-refractivity contribution in [3.05, 3.63) is 60.4 Å². The molecule has 3 heterocycles. The average molecular weight is 391 g/mol. The van der Waals surface area contributed by atoms with Crippen molar-refractivity contribution < 1.29 is 4.79 Å². The van der Waals surface area contributed by atoms with Crippen LogP contribution in [0, 0.1) is 5.92 Å². The first-order valence-corrected chi connectivity index (χ1v) is 10.8. The van der Waals surface area contributed by atoms with Gasteiger partial charge in [-0.05, 0) is 56.9 Å². The zero-order valence-corrected chi connectivity index (χ0v) is 17.2. The Hall–Kier alpha value is -2.66. The number of nitrogens with zero attached hydrogens (tertiary/aromatic N) is 3. The van der Waals surface area contributed by atoms with Gasteiger partial charge in [0.05, 0.1) is 11.3 Å². The number of fused-ring (bicyclic) bond motifs is 1. The third-order valence-corrected chi connectivity index (χ3v) is 5.88. The lowest BCUT2D eigenvalue weighted by atomic mass is 9.96. The first kappa shape index (κ1) is 19.6. The van der Waals surface area contributed by atoms with E-state index in [2.05, 4.69) is 17.1 Å². The number of aromatic nitrogens is 2. The van der Waals surface area contributed by atoms with Crippen molar-refractivity contribution in [1.82, 2.24) is 19.6 Å². The van der Waals surface area contributed by atoms with Crippen LogP contribution in [0.4, 0.5) is 0 Å². The predicted molar refractivity (Wildman–Crippen MR) is 117 cm³/mol. The fourth-order valence-electron chi connectivity index (χ4n) is 4.07. The number of piperidine rings is 1. The molecule has 2 aromatic heterocycles. The normalized spacial score (nSPS) is 15.6. The van der Waals surface area contributed by atoms with Gasteiger partial charge in [0.15, 0.2) is 0 Å². The Morgan fingerprint density at radius 1 is 1.14 bits per heavy atom. The van der Waals surface area contributed by atoms with Gasteiger partial charge in [-0.2, -0.15) is 0 Å². The number of amides is 1. The van der Waals surface area contributed by atoms with E-state index < -0.39 is 0 Å². The SMILES string of the molecule is CCCCN1CCC(CNC(=O)c2cccn3cc(-c4ccccc4)nc23)CC1. The third-order valence-electron chi connectivity index (χ3n) is 5.88. The van der Waals surface area contributed by atoms with Gasteiger partial charge >= 0.3 is 0 Å². The lowest BCUT2D eigenvalue weighted by molar-refractivity contribution is 0.0937. The first-order valence-electron chi connectivity index (χ1n) is 10.8. The topological polar surface area (TPSA) is 49.6 Å². The minimum atomic E-state index is -0.0331. The molecule has 29 heavy (non-hydrogen) atoms. The van der Waals surface area contributed by atoms with Gasteiger partial charge < -0.3 is 14.6 Å². The van der Waals surface area contributed by atoms with E-state index in [0.29, 0.717) is 17.1 Å². The summed E-state index contributed by atoms with van der Waals surface area (Å²) in [6.45, 7) is 6.49. The van der Waals surface area contributed by atoms with Crippen LogP contribution in [0.3, 0.4) is 0 Å². The summed E-state index contributed by atoms with van der Waals surface area (Å²) >= 11 is 0. The molecule has 1 aromatic carbocycles. The van der Waals surface area contributed by atoms with Crippen LogP contribution in [-0.2, 0) is 0 Å². The highest BCUT2D eigenvalue weighted by Gasteiger charge is 2.20. The minimum absolute atomic E-state index is 0.0331. The van der Waals surface area contributed by atoms with Crippen molar-refractivity contribution in [3.63, 3.8) is 0 Å². The standard InChI is InChI=1S/C24H30N4O/c1-2-3-13-27-15-11-19(12-16-27)17-25-24(29)21-10-7-14-28-18-22(26-23(21)28)20-8-5-4-6-9-20/h4-10,14,18-19H,2-3,11-13,15-17H2,1H3,(H,25,29). The fraction of sp³-hybridized carbons (Fsp3) is 0.417. The van der Waals surface area contributed by atoms with Crippen molar-refractivity contribution in [3.8, 4) is 11.3 Å². The van der Waals surface area contributed by atoms with Crippen LogP contribution < -0.4 is 5.32 Å². The number of hydrogen-bond acceptors (Lipinski definition) is 3. The van der Waals surface area contributed by atoms with Gasteiger partial charge in [0.2, 0.25) is 0 Å². The summed E-state index contributed by atoms with van der Waals surface area (Å²) in [5.41, 5.74) is 3.27. The van der Waals surface area contributed by atoms with Crippen LogP contribution in [0.2, 0.25) is 0 Å². The number of carbonyl (C=O) groups is 1. The number of benzene rings is 1. The van der Waals surface area contributed by atoms with E-state index in [1.807, 2.05) is 59.3 Å². The summed E-state index contributed by atoms with van der Waals surface area (Å²) in [5.74, 6) is 0.533. The number of pyridine rings is 1. The number of nitrogens with one attached hydrogen (secondary N) is 1. The van der Waals surface area contributed by atoms with Crippen LogP contribution in [0.25, 0.3) is 16.9 Å². The Morgan fingerprint density at radius 2 is 1.93 bits per heavy atom. The van der Waals surface area contributed by atoms with E-state index in [1.54, 1.807) is 0 Å². The molecule has 3 aromatic rings. The predicted octanol–water partition coefficient (Wildman–Crippen LogP) is 4.24. The maximum atomic E-state index is 12.9. The number of rotatable bonds is 7. The summed E-state index contributed by atoms with van der Waals surface area (Å²) < 4.78 is 1.93. The quantitative estimate of drug-likeness (QED) is 0.656. The lowest BCUT2D eigenvalue weighted by Crippen LogP contribution is -2.39. The zero-order valence-electron chi connectivity index (χ0n) is 17.2. The molecule has 1 aliphatic rings. The molecule has 1 aliphatic heterocycles. The molecule has 0 radical (unpaired) electrons. The van der Waals surface area contributed by atoms with Crippen molar-refractivity contribution in [2.45, 2.75) is 32.6 Å². The Labute approximate surface area is 172 Å². The van der Waals surface area contributed by atoms with Gasteiger partial charge in [0.25, 0.3) is 5.91 Å². The molecule has 1 N–H and O–H groups in total. The van der Waals surface area contributed by atoms with Crippen LogP contribution in [0.1, 0.15) is 43.0 Å². The van der Waals surface area contributed by atoms with Crippen molar-refractivity contribution in [2.75, 3.05) is 26.2 Å². The molecule has 5 nitrogen and oxygen atoms in total. The van der Waals surface area contributed by atoms with Gasteiger partial charge in [0.1, 0.15) is 5.65 Å². The van der Waals surface area contributed by atoms with Crippen LogP contribution in [-0.4, -0.2) is 46.4 Å². The molecular weight excluding hydrogens is 360 g/mol. The molecule has 4 rings (SSSR count). The highest BCUT2D eigenvalue weighted by Crippen LogP contribution is 2.21. The average Bonchev–Trinajstić information content (AvgIpc) is 3.22. The highest BCUT2D eigenvalue weighted by atomic mass is 16.1. The Morgan fingerprint density at radius 3 is 2.69 bits per heavy atom. The van der Waals surface area contributed by atoms with E-state index in [4.69, 9.17) is 4.98 Å². The van der Waals surface area contributed by atoms with Crippen LogP contribution >= 0.6 is 0 Å². The summed E-state index contributed by atoms with van der Waals surface area (Å²) in [6, 6.07) is 13.8. The molecule has 0 unspecified atom stereocenters. The molecule has 0 spiro atoms. The Kier molecular flexibility index (Phi) is 6.25. The minimum Gasteiger partial charge on any atom is -0.352 e. The highest BCUT2D eigenvalue weighted by molar-refractivity contribution is 6.00. The second-order valence-electron chi connectivity index (χ2n) is 7.99. The van der Waals surface area contributed by atoms with Crippen molar-refractivity contribution >= 4 is 11.6 Å². The van der Waals surface area contributed by atoms with E-state index in [-0.39, 0.29) is 5.91 Å². The Balaban J connectivity index is 1.40. The first-order chi connectivity index (χ1) is 14.2. The second-order valence-corrected chi connectivity index (χ2v) is 7.99. The second kappa shape index (κ2) is 9.23. The number of carbonyl (C=O) groups excluding carboxylic acids is 1. The Bertz CT molecular complexity index is 942. The maximum absolute atomic E-state index is 12.9. The molecule has 1 amide bonds. The monoisotopic (exact) mass is 390 g/mol. The third kappa shape index (κ3) is 4.67. The van der Waals surface area contributed by atoms with Gasteiger partial charge in [0, 0.05) is 24.5 Å². The van der Waals surface area contributed by atoms with Crippen molar-refractivity contribution in [1.29, 1.82) is 0 Å². The number of hydrogen-bond donors (Lipinski definition) is 1. The molecule has 1 saturated heterocycles. The van der Waals surface area contributed by atoms with E-state index in [9.17, 15) is 4.79 Å². The number of likely N-dealkylation sites (tertiary alicyclic amines) is 1. The van der Waals surface area contributed by atoms with Crippen molar-refractivity contribution in [2.24, 2.45) is 5.92 Å². The summed E-state index contributed by atoms with van der Waals surface area (Å²) in [4.78, 5) is 20.2. The van der Waals surface area contributed by atoms with Gasteiger partial charge in [-0.25, -0.2) is 4.98 Å². The van der Waals surface area contributed by atoms with E-state index >= 15 is 0 Å². The molecule has 0 bridgehead atoms. The van der Waals surface area contributed by atoms with Crippen LogP contribution in [0.5, 0.6) is 0 Å². The van der Waals surface area contributed by atoms with Gasteiger partial charge in [-0.1, -0.05) is 43.7 Å². The molecule has 0 saturated carbocycles. The largest absolute Gasteiger partial charge is 0.352 e. The van der Waals surface area contributed by atoms with Gasteiger partial charge in [-0.15, -0.1) is 0 Å². The molecule has 5 heteroatoms. The lowest BCUT2D eigenvalue weighted by Gasteiger charge is -2.31. The molecule has 0 atom stereocenters. The molecule has 1 fully saturated rings. The van der Waals surface area contributed by atoms with E-state index in [0.717, 1.165) is 43.7 Å². The summed E-state index contributed by atoms with van der Waals surface area (Å²) in [5, 5.41) is 3.16. The zero-order chi connectivity index (χ0) is 20.1. The number of imidazole rings is 1.